The Bertz CT molecular complexity index is 299. The Morgan fingerprint density at radius 3 is 2.17 bits per heavy atom. The Labute approximate surface area is 123 Å². The molecule has 0 aliphatic heterocycles. The lowest BCUT2D eigenvalue weighted by atomic mass is 10.1. The summed E-state index contributed by atoms with van der Waals surface area (Å²) in [6, 6.07) is 4.30. The molecule has 1 aromatic heterocycles. The molecule has 1 heterocycles. The molecular weight excluding hydrogens is 286 g/mol. The summed E-state index contributed by atoms with van der Waals surface area (Å²) in [6.45, 7) is 5.61. The molecule has 1 aromatic rings. The quantitative estimate of drug-likeness (QED) is 0.480. The van der Waals surface area contributed by atoms with Crippen LogP contribution in [-0.4, -0.2) is 0 Å². The Hall–Kier alpha value is -0.370. The normalized spacial score (nSPS) is 10.1. The lowest BCUT2D eigenvalue weighted by molar-refractivity contribution is -0.697. The monoisotopic (exact) mass is 313 g/mol. The van der Waals surface area contributed by atoms with Crippen LogP contribution in [0.5, 0.6) is 0 Å². The standard InChI is InChI=1S/C16H28N.BrH/c1-3-4-5-6-7-8-9-10-13-17-14-11-12-16(2)15-17;/h11-12,14-15H,3-10,13H2,1-2H3;1H/q+1;/p-1. The molecule has 104 valence electrons. The Morgan fingerprint density at radius 2 is 1.56 bits per heavy atom. The highest BCUT2D eigenvalue weighted by Gasteiger charge is 1.99. The van der Waals surface area contributed by atoms with Crippen LogP contribution in [0.4, 0.5) is 0 Å². The van der Waals surface area contributed by atoms with Crippen molar-refractivity contribution >= 4 is 0 Å². The minimum atomic E-state index is 0. The van der Waals surface area contributed by atoms with E-state index in [9.17, 15) is 0 Å². The molecule has 0 aromatic carbocycles. The van der Waals surface area contributed by atoms with Crippen LogP contribution in [0.1, 0.15) is 63.9 Å². The van der Waals surface area contributed by atoms with Gasteiger partial charge in [0.2, 0.25) is 0 Å². The zero-order valence-electron chi connectivity index (χ0n) is 12.0. The van der Waals surface area contributed by atoms with Gasteiger partial charge in [0, 0.05) is 18.1 Å². The smallest absolute Gasteiger partial charge is 0.171 e. The first kappa shape index (κ1) is 17.6. The van der Waals surface area contributed by atoms with Gasteiger partial charge in [0.15, 0.2) is 12.4 Å². The lowest BCUT2D eigenvalue weighted by Gasteiger charge is -2.00. The minimum Gasteiger partial charge on any atom is -1.00 e. The summed E-state index contributed by atoms with van der Waals surface area (Å²) < 4.78 is 2.31. The van der Waals surface area contributed by atoms with E-state index in [1.54, 1.807) is 0 Å². The van der Waals surface area contributed by atoms with Gasteiger partial charge in [-0.1, -0.05) is 45.4 Å². The first-order valence-corrected chi connectivity index (χ1v) is 7.28. The molecule has 0 N–H and O–H groups in total. The van der Waals surface area contributed by atoms with Crippen LogP contribution in [0.15, 0.2) is 24.5 Å². The van der Waals surface area contributed by atoms with Gasteiger partial charge in [-0.25, -0.2) is 4.57 Å². The summed E-state index contributed by atoms with van der Waals surface area (Å²) in [4.78, 5) is 0. The van der Waals surface area contributed by atoms with Gasteiger partial charge in [-0.05, 0) is 19.4 Å². The lowest BCUT2D eigenvalue weighted by Crippen LogP contribution is -3.00. The van der Waals surface area contributed by atoms with Crippen LogP contribution < -0.4 is 21.5 Å². The third kappa shape index (κ3) is 8.68. The number of nitrogens with zero attached hydrogens (tertiary/aromatic N) is 1. The first-order chi connectivity index (χ1) is 8.33. The highest BCUT2D eigenvalue weighted by atomic mass is 79.9. The molecule has 0 amide bonds. The van der Waals surface area contributed by atoms with Gasteiger partial charge in [-0.15, -0.1) is 0 Å². The molecule has 1 nitrogen and oxygen atoms in total. The zero-order chi connectivity index (χ0) is 12.3. The van der Waals surface area contributed by atoms with Crippen LogP contribution in [0.2, 0.25) is 0 Å². The van der Waals surface area contributed by atoms with Crippen LogP contribution >= 0.6 is 0 Å². The highest BCUT2D eigenvalue weighted by Crippen LogP contribution is 2.08. The molecule has 0 saturated carbocycles. The number of halogens is 1. The van der Waals surface area contributed by atoms with E-state index >= 15 is 0 Å². The van der Waals surface area contributed by atoms with Crippen LogP contribution in [0, 0.1) is 6.92 Å². The number of unbranched alkanes of at least 4 members (excludes halogenated alkanes) is 7. The summed E-state index contributed by atoms with van der Waals surface area (Å²) in [5.74, 6) is 0. The number of pyridine rings is 1. The second-order valence-electron chi connectivity index (χ2n) is 5.09. The van der Waals surface area contributed by atoms with Crippen molar-refractivity contribution < 1.29 is 21.5 Å². The topological polar surface area (TPSA) is 3.88 Å². The average Bonchev–Trinajstić information content (AvgIpc) is 2.33. The molecule has 0 fully saturated rings. The van der Waals surface area contributed by atoms with Gasteiger partial charge >= 0.3 is 0 Å². The van der Waals surface area contributed by atoms with Crippen molar-refractivity contribution in [3.8, 4) is 0 Å². The van der Waals surface area contributed by atoms with Crippen molar-refractivity contribution in [2.45, 2.75) is 71.8 Å². The van der Waals surface area contributed by atoms with Crippen molar-refractivity contribution in [3.63, 3.8) is 0 Å². The van der Waals surface area contributed by atoms with Crippen molar-refractivity contribution in [1.82, 2.24) is 0 Å². The highest BCUT2D eigenvalue weighted by molar-refractivity contribution is 5.01. The summed E-state index contributed by atoms with van der Waals surface area (Å²) >= 11 is 0. The number of hydrogen-bond donors (Lipinski definition) is 0. The molecule has 0 radical (unpaired) electrons. The Balaban J connectivity index is 0.00000289. The third-order valence-electron chi connectivity index (χ3n) is 3.28. The summed E-state index contributed by atoms with van der Waals surface area (Å²) in [5, 5.41) is 0. The zero-order valence-corrected chi connectivity index (χ0v) is 13.6. The molecule has 0 atom stereocenters. The largest absolute Gasteiger partial charge is 1.00 e. The van der Waals surface area contributed by atoms with E-state index in [0.717, 1.165) is 0 Å². The Kier molecular flexibility index (Phi) is 11.5. The third-order valence-corrected chi connectivity index (χ3v) is 3.28. The summed E-state index contributed by atoms with van der Waals surface area (Å²) in [5.41, 5.74) is 1.35. The van der Waals surface area contributed by atoms with Crippen molar-refractivity contribution in [2.24, 2.45) is 0 Å². The van der Waals surface area contributed by atoms with Crippen molar-refractivity contribution in [3.05, 3.63) is 30.1 Å². The van der Waals surface area contributed by atoms with Crippen LogP contribution in [0.25, 0.3) is 0 Å². The van der Waals surface area contributed by atoms with Gasteiger partial charge in [-0.2, -0.15) is 0 Å². The molecule has 2 heteroatoms. The molecule has 0 spiro atoms. The number of aromatic nitrogens is 1. The van der Waals surface area contributed by atoms with Gasteiger partial charge < -0.3 is 17.0 Å². The van der Waals surface area contributed by atoms with E-state index < -0.39 is 0 Å². The second-order valence-corrected chi connectivity index (χ2v) is 5.09. The number of aryl methyl sites for hydroxylation is 2. The molecule has 0 unspecified atom stereocenters. The van der Waals surface area contributed by atoms with Crippen LogP contribution in [-0.2, 0) is 6.54 Å². The number of hydrogen-bond acceptors (Lipinski definition) is 0. The molecule has 0 bridgehead atoms. The minimum absolute atomic E-state index is 0. The average molecular weight is 314 g/mol. The SMILES string of the molecule is CCCCCCCCCC[n+]1cccc(C)c1.[Br-]. The van der Waals surface area contributed by atoms with E-state index in [2.05, 4.69) is 42.9 Å². The maximum Gasteiger partial charge on any atom is 0.171 e. The molecular formula is C16H28BrN. The maximum atomic E-state index is 2.31. The second kappa shape index (κ2) is 11.7. The van der Waals surface area contributed by atoms with E-state index in [-0.39, 0.29) is 17.0 Å². The first-order valence-electron chi connectivity index (χ1n) is 7.28. The van der Waals surface area contributed by atoms with E-state index in [0.29, 0.717) is 0 Å². The van der Waals surface area contributed by atoms with E-state index in [1.807, 2.05) is 0 Å². The van der Waals surface area contributed by atoms with Gasteiger partial charge in [-0.3, -0.25) is 0 Å². The molecule has 0 saturated heterocycles. The fourth-order valence-corrected chi connectivity index (χ4v) is 2.22. The van der Waals surface area contributed by atoms with E-state index in [1.165, 1.54) is 63.5 Å². The predicted molar refractivity (Wildman–Crippen MR) is 74.0 cm³/mol. The number of rotatable bonds is 9. The fraction of sp³-hybridized carbons (Fsp3) is 0.688. The maximum absolute atomic E-state index is 2.31. The van der Waals surface area contributed by atoms with Crippen LogP contribution in [0.3, 0.4) is 0 Å². The fourth-order valence-electron chi connectivity index (χ4n) is 2.22. The molecule has 0 aliphatic carbocycles. The summed E-state index contributed by atoms with van der Waals surface area (Å²) in [7, 11) is 0. The Morgan fingerprint density at radius 1 is 0.944 bits per heavy atom. The molecule has 0 aliphatic rings. The predicted octanol–water partition coefficient (Wildman–Crippen LogP) is 1.43. The molecule has 1 rings (SSSR count). The van der Waals surface area contributed by atoms with Gasteiger partial charge in [0.1, 0.15) is 6.54 Å². The van der Waals surface area contributed by atoms with Gasteiger partial charge in [0.05, 0.1) is 0 Å². The molecule has 18 heavy (non-hydrogen) atoms. The summed E-state index contributed by atoms with van der Waals surface area (Å²) in [6.07, 6.45) is 15.6. The van der Waals surface area contributed by atoms with Crippen molar-refractivity contribution in [1.29, 1.82) is 0 Å². The van der Waals surface area contributed by atoms with Gasteiger partial charge in [0.25, 0.3) is 0 Å². The van der Waals surface area contributed by atoms with Crippen molar-refractivity contribution in [2.75, 3.05) is 0 Å². The van der Waals surface area contributed by atoms with E-state index in [4.69, 9.17) is 0 Å².